The molecule has 3 nitrogen and oxygen atoms in total. The van der Waals surface area contributed by atoms with Gasteiger partial charge in [-0.05, 0) is 67.0 Å². The molecule has 3 rings (SSSR count). The van der Waals surface area contributed by atoms with E-state index < -0.39 is 7.12 Å². The van der Waals surface area contributed by atoms with Crippen LogP contribution < -0.4 is 5.73 Å². The van der Waals surface area contributed by atoms with E-state index in [1.807, 2.05) is 0 Å². The van der Waals surface area contributed by atoms with E-state index in [-0.39, 0.29) is 6.04 Å². The molecule has 0 radical (unpaired) electrons. The van der Waals surface area contributed by atoms with Crippen molar-refractivity contribution >= 4 is 7.12 Å². The summed E-state index contributed by atoms with van der Waals surface area (Å²) in [5.41, 5.74) is 10.3. The zero-order chi connectivity index (χ0) is 19.1. The smallest absolute Gasteiger partial charge is 0.427 e. The first-order valence-corrected chi connectivity index (χ1v) is 10.4. The van der Waals surface area contributed by atoms with Gasteiger partial charge < -0.3 is 15.8 Å². The molecule has 4 N–H and O–H groups in total. The largest absolute Gasteiger partial charge is 0.451 e. The Labute approximate surface area is 163 Å². The minimum atomic E-state index is -1.17. The average molecular weight is 365 g/mol. The molecule has 144 valence electrons. The van der Waals surface area contributed by atoms with E-state index in [0.29, 0.717) is 12.2 Å². The Hall–Kier alpha value is -1.62. The maximum absolute atomic E-state index is 8.87. The standard InChI is InChI=1S/C23H32BNO2/c25-23(8-4-5-15-24(26)27)22-16-19(17-22)10-9-18-11-13-21(14-12-18)20-6-2-1-3-7-20/h1-3,6-7,11-14,19,22-23,26-27H,4-5,8-10,15-17,25H2. The highest BCUT2D eigenvalue weighted by Crippen LogP contribution is 2.39. The fourth-order valence-corrected chi connectivity index (χ4v) is 4.18. The van der Waals surface area contributed by atoms with Crippen LogP contribution in [-0.4, -0.2) is 23.2 Å². The molecule has 0 heterocycles. The third-order valence-electron chi connectivity index (χ3n) is 6.03. The maximum atomic E-state index is 8.87. The summed E-state index contributed by atoms with van der Waals surface area (Å²) >= 11 is 0. The minimum Gasteiger partial charge on any atom is -0.427 e. The summed E-state index contributed by atoms with van der Waals surface area (Å²) in [5, 5.41) is 17.7. The lowest BCUT2D eigenvalue weighted by molar-refractivity contribution is 0.147. The molecule has 1 aliphatic carbocycles. The van der Waals surface area contributed by atoms with E-state index in [2.05, 4.69) is 54.6 Å². The first-order valence-electron chi connectivity index (χ1n) is 10.4. The molecule has 0 bridgehead atoms. The van der Waals surface area contributed by atoms with Crippen LogP contribution in [0.4, 0.5) is 0 Å². The zero-order valence-corrected chi connectivity index (χ0v) is 16.1. The quantitative estimate of drug-likeness (QED) is 0.435. The minimum absolute atomic E-state index is 0.280. The fourth-order valence-electron chi connectivity index (χ4n) is 4.18. The molecule has 0 amide bonds. The lowest BCUT2D eigenvalue weighted by Gasteiger charge is -2.39. The van der Waals surface area contributed by atoms with Crippen LogP contribution in [0.2, 0.25) is 6.32 Å². The number of aryl methyl sites for hydroxylation is 1. The molecule has 1 saturated carbocycles. The van der Waals surface area contributed by atoms with Crippen molar-refractivity contribution < 1.29 is 10.0 Å². The Kier molecular flexibility index (Phi) is 7.51. The summed E-state index contributed by atoms with van der Waals surface area (Å²) in [6.45, 7) is 0. The fraction of sp³-hybridized carbons (Fsp3) is 0.478. The molecule has 1 aliphatic rings. The van der Waals surface area contributed by atoms with Crippen LogP contribution in [0.3, 0.4) is 0 Å². The Bertz CT molecular complexity index is 669. The monoisotopic (exact) mass is 365 g/mol. The molecule has 2 aromatic rings. The van der Waals surface area contributed by atoms with Crippen LogP contribution >= 0.6 is 0 Å². The predicted molar refractivity (Wildman–Crippen MR) is 113 cm³/mol. The van der Waals surface area contributed by atoms with E-state index in [9.17, 15) is 0 Å². The molecular weight excluding hydrogens is 333 g/mol. The van der Waals surface area contributed by atoms with E-state index in [1.54, 1.807) is 0 Å². The molecule has 0 saturated heterocycles. The Morgan fingerprint density at radius 3 is 2.26 bits per heavy atom. The van der Waals surface area contributed by atoms with Gasteiger partial charge in [-0.1, -0.05) is 67.4 Å². The highest BCUT2D eigenvalue weighted by Gasteiger charge is 2.32. The van der Waals surface area contributed by atoms with Gasteiger partial charge in [-0.3, -0.25) is 0 Å². The van der Waals surface area contributed by atoms with Gasteiger partial charge in [0.25, 0.3) is 0 Å². The maximum Gasteiger partial charge on any atom is 0.451 e. The van der Waals surface area contributed by atoms with Gasteiger partial charge in [-0.2, -0.15) is 0 Å². The summed E-state index contributed by atoms with van der Waals surface area (Å²) < 4.78 is 0. The highest BCUT2D eigenvalue weighted by molar-refractivity contribution is 6.40. The van der Waals surface area contributed by atoms with E-state index in [0.717, 1.165) is 31.6 Å². The Balaban J connectivity index is 1.34. The number of unbranched alkanes of at least 4 members (excludes halogenated alkanes) is 1. The van der Waals surface area contributed by atoms with Crippen LogP contribution in [-0.2, 0) is 6.42 Å². The van der Waals surface area contributed by atoms with Gasteiger partial charge in [0.1, 0.15) is 0 Å². The van der Waals surface area contributed by atoms with E-state index in [4.69, 9.17) is 15.8 Å². The molecule has 1 unspecified atom stereocenters. The average Bonchev–Trinajstić information content (AvgIpc) is 2.65. The predicted octanol–water partition coefficient (Wildman–Crippen LogP) is 4.28. The number of benzene rings is 2. The molecule has 0 aromatic heterocycles. The van der Waals surface area contributed by atoms with Gasteiger partial charge >= 0.3 is 7.12 Å². The second-order valence-electron chi connectivity index (χ2n) is 8.13. The van der Waals surface area contributed by atoms with Crippen molar-refractivity contribution in [1.82, 2.24) is 0 Å². The summed E-state index contributed by atoms with van der Waals surface area (Å²) in [6, 6.07) is 19.8. The number of hydrogen-bond donors (Lipinski definition) is 3. The van der Waals surface area contributed by atoms with Crippen molar-refractivity contribution in [3.63, 3.8) is 0 Å². The molecule has 27 heavy (non-hydrogen) atoms. The highest BCUT2D eigenvalue weighted by atomic mass is 16.4. The molecule has 0 aliphatic heterocycles. The van der Waals surface area contributed by atoms with Crippen LogP contribution in [0.25, 0.3) is 11.1 Å². The normalized spacial score (nSPS) is 20.1. The first kappa shape index (κ1) is 20.1. The molecular formula is C23H32BNO2. The van der Waals surface area contributed by atoms with Gasteiger partial charge in [0.05, 0.1) is 0 Å². The van der Waals surface area contributed by atoms with Crippen molar-refractivity contribution in [1.29, 1.82) is 0 Å². The second kappa shape index (κ2) is 10.1. The van der Waals surface area contributed by atoms with Gasteiger partial charge in [-0.25, -0.2) is 0 Å². The van der Waals surface area contributed by atoms with Crippen LogP contribution in [0.15, 0.2) is 54.6 Å². The van der Waals surface area contributed by atoms with Gasteiger partial charge in [-0.15, -0.1) is 0 Å². The topological polar surface area (TPSA) is 66.5 Å². The first-order chi connectivity index (χ1) is 13.1. The molecule has 1 fully saturated rings. The van der Waals surface area contributed by atoms with Crippen molar-refractivity contribution in [2.75, 3.05) is 0 Å². The van der Waals surface area contributed by atoms with Gasteiger partial charge in [0, 0.05) is 6.04 Å². The SMILES string of the molecule is NC(CCCCB(O)O)C1CC(CCc2ccc(-c3ccccc3)cc2)C1. The second-order valence-corrected chi connectivity index (χ2v) is 8.13. The van der Waals surface area contributed by atoms with Crippen molar-refractivity contribution in [3.8, 4) is 11.1 Å². The van der Waals surface area contributed by atoms with Crippen LogP contribution in [0.5, 0.6) is 0 Å². The van der Waals surface area contributed by atoms with Crippen LogP contribution in [0, 0.1) is 11.8 Å². The lowest BCUT2D eigenvalue weighted by Crippen LogP contribution is -2.39. The Morgan fingerprint density at radius 2 is 1.59 bits per heavy atom. The van der Waals surface area contributed by atoms with Gasteiger partial charge in [0.2, 0.25) is 0 Å². The van der Waals surface area contributed by atoms with Crippen LogP contribution in [0.1, 0.15) is 44.1 Å². The van der Waals surface area contributed by atoms with Gasteiger partial charge in [0.15, 0.2) is 0 Å². The van der Waals surface area contributed by atoms with Crippen molar-refractivity contribution in [3.05, 3.63) is 60.2 Å². The van der Waals surface area contributed by atoms with Crippen molar-refractivity contribution in [2.24, 2.45) is 17.6 Å². The molecule has 2 aromatic carbocycles. The lowest BCUT2D eigenvalue weighted by atomic mass is 9.68. The summed E-state index contributed by atoms with van der Waals surface area (Å²) in [7, 11) is -1.17. The third-order valence-corrected chi connectivity index (χ3v) is 6.03. The van der Waals surface area contributed by atoms with Crippen molar-refractivity contribution in [2.45, 2.75) is 57.3 Å². The number of rotatable bonds is 10. The van der Waals surface area contributed by atoms with E-state index >= 15 is 0 Å². The molecule has 0 spiro atoms. The number of hydrogen-bond acceptors (Lipinski definition) is 3. The number of nitrogens with two attached hydrogens (primary N) is 1. The zero-order valence-electron chi connectivity index (χ0n) is 16.1. The molecule has 1 atom stereocenters. The molecule has 4 heteroatoms. The van der Waals surface area contributed by atoms with E-state index in [1.165, 1.54) is 36.0 Å². The third kappa shape index (κ3) is 6.20. The summed E-state index contributed by atoms with van der Waals surface area (Å²) in [5.74, 6) is 1.48. The Morgan fingerprint density at radius 1 is 0.926 bits per heavy atom. The summed E-state index contributed by atoms with van der Waals surface area (Å²) in [6.07, 6.45) is 8.22. The summed E-state index contributed by atoms with van der Waals surface area (Å²) in [4.78, 5) is 0.